The van der Waals surface area contributed by atoms with E-state index >= 15 is 0 Å². The fraction of sp³-hybridized carbons (Fsp3) is 0.882. The van der Waals surface area contributed by atoms with Gasteiger partial charge in [-0.2, -0.15) is 0 Å². The lowest BCUT2D eigenvalue weighted by Gasteiger charge is -2.32. The molecule has 1 aliphatic heterocycles. The summed E-state index contributed by atoms with van der Waals surface area (Å²) >= 11 is 1.64. The summed E-state index contributed by atoms with van der Waals surface area (Å²) in [6, 6.07) is -0.359. The fourth-order valence-electron chi connectivity index (χ4n) is 3.70. The van der Waals surface area contributed by atoms with E-state index in [0.29, 0.717) is 18.2 Å². The molecule has 1 heterocycles. The van der Waals surface area contributed by atoms with Crippen LogP contribution in [0.1, 0.15) is 57.8 Å². The molecule has 0 radical (unpaired) electrons. The van der Waals surface area contributed by atoms with Crippen LogP contribution in [0.15, 0.2) is 0 Å². The normalized spacial score (nSPS) is 28.0. The molecule has 2 amide bonds. The van der Waals surface area contributed by atoms with E-state index in [1.807, 2.05) is 0 Å². The molecule has 0 bridgehead atoms. The highest BCUT2D eigenvalue weighted by Crippen LogP contribution is 2.32. The summed E-state index contributed by atoms with van der Waals surface area (Å²) in [5, 5.41) is 13.6. The Balaban J connectivity index is 1.53. The first-order valence-electron chi connectivity index (χ1n) is 8.97. The first-order chi connectivity index (χ1) is 11.1. The molecule has 6 heteroatoms. The molecule has 3 rings (SSSR count). The number of carbonyl (C=O) groups excluding carboxylic acids is 2. The molecule has 130 valence electrons. The fourth-order valence-corrected chi connectivity index (χ4v) is 4.86. The van der Waals surface area contributed by atoms with Gasteiger partial charge in [0, 0.05) is 18.2 Å². The second kappa shape index (κ2) is 7.43. The molecule has 3 aliphatic rings. The summed E-state index contributed by atoms with van der Waals surface area (Å²) in [5.41, 5.74) is -0.763. The van der Waals surface area contributed by atoms with Gasteiger partial charge in [-0.15, -0.1) is 11.8 Å². The van der Waals surface area contributed by atoms with E-state index < -0.39 is 5.60 Å². The molecule has 2 aliphatic carbocycles. The van der Waals surface area contributed by atoms with Gasteiger partial charge in [-0.3, -0.25) is 9.59 Å². The summed E-state index contributed by atoms with van der Waals surface area (Å²) in [6.07, 6.45) is 8.96. The third-order valence-electron chi connectivity index (χ3n) is 5.55. The zero-order valence-corrected chi connectivity index (χ0v) is 14.6. The Bertz CT molecular complexity index is 445. The monoisotopic (exact) mass is 340 g/mol. The Hall–Kier alpha value is -0.750. The van der Waals surface area contributed by atoms with Crippen LogP contribution in [0.2, 0.25) is 0 Å². The second-order valence-corrected chi connectivity index (χ2v) is 8.31. The SMILES string of the molecule is O=C(NCC1(O)CCCCCC1)C1CSCN1C(=O)C1CCC1. The Kier molecular flexibility index (Phi) is 5.52. The topological polar surface area (TPSA) is 69.6 Å². The van der Waals surface area contributed by atoms with Gasteiger partial charge in [0.15, 0.2) is 0 Å². The number of nitrogens with one attached hydrogen (secondary N) is 1. The molecule has 1 saturated heterocycles. The van der Waals surface area contributed by atoms with Crippen LogP contribution in [0.25, 0.3) is 0 Å². The van der Waals surface area contributed by atoms with Gasteiger partial charge < -0.3 is 15.3 Å². The van der Waals surface area contributed by atoms with Crippen LogP contribution in [0.4, 0.5) is 0 Å². The zero-order valence-electron chi connectivity index (χ0n) is 13.8. The molecule has 5 nitrogen and oxygen atoms in total. The van der Waals surface area contributed by atoms with Crippen molar-refractivity contribution in [3.05, 3.63) is 0 Å². The Morgan fingerprint density at radius 2 is 1.83 bits per heavy atom. The highest BCUT2D eigenvalue weighted by molar-refractivity contribution is 7.99. The van der Waals surface area contributed by atoms with Crippen molar-refractivity contribution in [3.63, 3.8) is 0 Å². The molecule has 2 saturated carbocycles. The zero-order chi connectivity index (χ0) is 16.3. The van der Waals surface area contributed by atoms with Gasteiger partial charge in [0.1, 0.15) is 6.04 Å². The average Bonchev–Trinajstić information content (AvgIpc) is 2.87. The smallest absolute Gasteiger partial charge is 0.243 e. The van der Waals surface area contributed by atoms with E-state index in [4.69, 9.17) is 0 Å². The van der Waals surface area contributed by atoms with Crippen LogP contribution >= 0.6 is 11.8 Å². The average molecular weight is 340 g/mol. The summed E-state index contributed by atoms with van der Waals surface area (Å²) in [4.78, 5) is 26.7. The summed E-state index contributed by atoms with van der Waals surface area (Å²) in [6.45, 7) is 0.318. The molecule has 0 aromatic rings. The molecule has 1 unspecified atom stereocenters. The van der Waals surface area contributed by atoms with Gasteiger partial charge in [-0.25, -0.2) is 0 Å². The van der Waals surface area contributed by atoms with E-state index in [-0.39, 0.29) is 23.8 Å². The van der Waals surface area contributed by atoms with Crippen LogP contribution in [-0.2, 0) is 9.59 Å². The molecule has 3 fully saturated rings. The molecular formula is C17H28N2O3S. The van der Waals surface area contributed by atoms with Crippen molar-refractivity contribution in [2.45, 2.75) is 69.4 Å². The maximum Gasteiger partial charge on any atom is 0.243 e. The van der Waals surface area contributed by atoms with Gasteiger partial charge in [-0.1, -0.05) is 32.1 Å². The predicted molar refractivity (Wildman–Crippen MR) is 91.0 cm³/mol. The Morgan fingerprint density at radius 1 is 1.13 bits per heavy atom. The van der Waals surface area contributed by atoms with Crippen molar-refractivity contribution in [1.82, 2.24) is 10.2 Å². The minimum Gasteiger partial charge on any atom is -0.388 e. The van der Waals surface area contributed by atoms with Crippen LogP contribution in [0.5, 0.6) is 0 Å². The standard InChI is InChI=1S/C17H28N2O3S/c20-15(18-11-17(22)8-3-1-2-4-9-17)14-10-23-12-19(14)16(21)13-6-5-7-13/h13-14,22H,1-12H2,(H,18,20). The largest absolute Gasteiger partial charge is 0.388 e. The second-order valence-electron chi connectivity index (χ2n) is 7.31. The number of aliphatic hydroxyl groups is 1. The number of rotatable bonds is 4. The number of hydrogen-bond donors (Lipinski definition) is 2. The van der Waals surface area contributed by atoms with Gasteiger partial charge in [0.2, 0.25) is 11.8 Å². The number of nitrogens with zero attached hydrogens (tertiary/aromatic N) is 1. The maximum absolute atomic E-state index is 12.5. The maximum atomic E-state index is 12.5. The number of amides is 2. The number of carbonyl (C=O) groups is 2. The van der Waals surface area contributed by atoms with Gasteiger partial charge in [0.05, 0.1) is 11.5 Å². The number of thioether (sulfide) groups is 1. The molecule has 0 aromatic heterocycles. The predicted octanol–water partition coefficient (Wildman–Crippen LogP) is 1.89. The lowest BCUT2D eigenvalue weighted by atomic mass is 9.84. The van der Waals surface area contributed by atoms with E-state index in [1.165, 1.54) is 12.8 Å². The van der Waals surface area contributed by atoms with Crippen molar-refractivity contribution in [3.8, 4) is 0 Å². The Labute approximate surface area is 142 Å². The van der Waals surface area contributed by atoms with Crippen molar-refractivity contribution in [1.29, 1.82) is 0 Å². The minimum absolute atomic E-state index is 0.0969. The Morgan fingerprint density at radius 3 is 2.43 bits per heavy atom. The lowest BCUT2D eigenvalue weighted by molar-refractivity contribution is -0.143. The van der Waals surface area contributed by atoms with Gasteiger partial charge in [-0.05, 0) is 25.7 Å². The van der Waals surface area contributed by atoms with Gasteiger partial charge >= 0.3 is 0 Å². The first-order valence-corrected chi connectivity index (χ1v) is 10.1. The molecule has 0 aromatic carbocycles. The van der Waals surface area contributed by atoms with E-state index in [2.05, 4.69) is 5.32 Å². The quantitative estimate of drug-likeness (QED) is 0.767. The third kappa shape index (κ3) is 4.02. The molecular weight excluding hydrogens is 312 g/mol. The van der Waals surface area contributed by atoms with Crippen molar-refractivity contribution in [2.24, 2.45) is 5.92 Å². The van der Waals surface area contributed by atoms with Gasteiger partial charge in [0.25, 0.3) is 0 Å². The van der Waals surface area contributed by atoms with Crippen LogP contribution < -0.4 is 5.32 Å². The van der Waals surface area contributed by atoms with Crippen molar-refractivity contribution >= 4 is 23.6 Å². The lowest BCUT2D eigenvalue weighted by Crippen LogP contribution is -2.52. The molecule has 2 N–H and O–H groups in total. The molecule has 1 atom stereocenters. The van der Waals surface area contributed by atoms with E-state index in [1.54, 1.807) is 16.7 Å². The summed E-state index contributed by atoms with van der Waals surface area (Å²) in [5.74, 6) is 1.48. The third-order valence-corrected chi connectivity index (χ3v) is 6.56. The van der Waals surface area contributed by atoms with Crippen LogP contribution in [0, 0.1) is 5.92 Å². The van der Waals surface area contributed by atoms with Crippen LogP contribution in [-0.4, -0.2) is 51.6 Å². The minimum atomic E-state index is -0.763. The highest BCUT2D eigenvalue weighted by Gasteiger charge is 2.39. The van der Waals surface area contributed by atoms with E-state index in [0.717, 1.165) is 44.9 Å². The van der Waals surface area contributed by atoms with Crippen molar-refractivity contribution < 1.29 is 14.7 Å². The molecule has 23 heavy (non-hydrogen) atoms. The highest BCUT2D eigenvalue weighted by atomic mass is 32.2. The summed E-state index contributed by atoms with van der Waals surface area (Å²) in [7, 11) is 0. The summed E-state index contributed by atoms with van der Waals surface area (Å²) < 4.78 is 0. The van der Waals surface area contributed by atoms with Crippen molar-refractivity contribution in [2.75, 3.05) is 18.2 Å². The number of hydrogen-bond acceptors (Lipinski definition) is 4. The van der Waals surface area contributed by atoms with E-state index in [9.17, 15) is 14.7 Å². The van der Waals surface area contributed by atoms with Crippen LogP contribution in [0.3, 0.4) is 0 Å². The molecule has 0 spiro atoms. The first kappa shape index (κ1) is 17.1.